The summed E-state index contributed by atoms with van der Waals surface area (Å²) in [5, 5.41) is 8.11. The molecule has 96 valence electrons. The zero-order valence-corrected chi connectivity index (χ0v) is 9.90. The van der Waals surface area contributed by atoms with Gasteiger partial charge in [0.1, 0.15) is 6.04 Å². The second-order valence-corrected chi connectivity index (χ2v) is 4.09. The number of carbonyl (C=O) groups excluding carboxylic acids is 2. The molecule has 1 fully saturated rings. The molecular formula is C11H14N4O3. The molecule has 1 unspecified atom stereocenters. The number of anilines is 1. The van der Waals surface area contributed by atoms with E-state index in [9.17, 15) is 14.4 Å². The van der Waals surface area contributed by atoms with Crippen LogP contribution < -0.4 is 21.5 Å². The summed E-state index contributed by atoms with van der Waals surface area (Å²) in [6.45, 7) is 0.391. The number of amides is 2. The molecule has 1 atom stereocenters. The van der Waals surface area contributed by atoms with Crippen molar-refractivity contribution in [2.75, 3.05) is 18.4 Å². The summed E-state index contributed by atoms with van der Waals surface area (Å²) in [5.74, 6) is -0.366. The highest BCUT2D eigenvalue weighted by Crippen LogP contribution is 2.03. The molecule has 2 heterocycles. The first-order valence-corrected chi connectivity index (χ1v) is 5.54. The van der Waals surface area contributed by atoms with Crippen molar-refractivity contribution in [3.8, 4) is 0 Å². The highest BCUT2D eigenvalue weighted by molar-refractivity contribution is 5.96. The van der Waals surface area contributed by atoms with Crippen molar-refractivity contribution in [1.82, 2.24) is 15.2 Å². The molecule has 2 rings (SSSR count). The lowest BCUT2D eigenvalue weighted by Gasteiger charge is -2.23. The molecule has 0 aliphatic carbocycles. The summed E-state index contributed by atoms with van der Waals surface area (Å²) in [7, 11) is 1.61. The minimum atomic E-state index is -0.458. The lowest BCUT2D eigenvalue weighted by atomic mass is 10.2. The van der Waals surface area contributed by atoms with E-state index in [-0.39, 0.29) is 30.5 Å². The standard InChI is InChI=1S/C11H14N4O3/c1-15-6-7(2-3-10(15)17)14-11(18)8-4-13-9(16)5-12-8/h2-3,6,8,12H,4-5H2,1H3,(H,13,16)(H,14,18). The predicted octanol–water partition coefficient (Wildman–Crippen LogP) is -1.59. The van der Waals surface area contributed by atoms with E-state index in [1.807, 2.05) is 0 Å². The third kappa shape index (κ3) is 2.75. The van der Waals surface area contributed by atoms with Gasteiger partial charge < -0.3 is 15.2 Å². The van der Waals surface area contributed by atoms with Gasteiger partial charge in [0.15, 0.2) is 0 Å². The molecule has 0 spiro atoms. The van der Waals surface area contributed by atoms with Crippen molar-refractivity contribution in [2.45, 2.75) is 6.04 Å². The second kappa shape index (κ2) is 5.01. The third-order valence-corrected chi connectivity index (χ3v) is 2.68. The number of pyridine rings is 1. The van der Waals surface area contributed by atoms with Gasteiger partial charge in [0.05, 0.1) is 12.2 Å². The maximum Gasteiger partial charge on any atom is 0.250 e. The highest BCUT2D eigenvalue weighted by Gasteiger charge is 2.23. The van der Waals surface area contributed by atoms with E-state index >= 15 is 0 Å². The van der Waals surface area contributed by atoms with Gasteiger partial charge in [0, 0.05) is 25.9 Å². The van der Waals surface area contributed by atoms with Crippen molar-refractivity contribution in [3.63, 3.8) is 0 Å². The van der Waals surface area contributed by atoms with Crippen LogP contribution in [-0.4, -0.2) is 35.5 Å². The largest absolute Gasteiger partial charge is 0.353 e. The summed E-state index contributed by atoms with van der Waals surface area (Å²) < 4.78 is 1.38. The maximum absolute atomic E-state index is 11.9. The maximum atomic E-state index is 11.9. The number of nitrogens with one attached hydrogen (secondary N) is 3. The van der Waals surface area contributed by atoms with Gasteiger partial charge in [-0.2, -0.15) is 0 Å². The van der Waals surface area contributed by atoms with E-state index in [4.69, 9.17) is 0 Å². The van der Waals surface area contributed by atoms with Crippen LogP contribution in [0.2, 0.25) is 0 Å². The van der Waals surface area contributed by atoms with E-state index in [2.05, 4.69) is 16.0 Å². The van der Waals surface area contributed by atoms with Crippen LogP contribution in [0.1, 0.15) is 0 Å². The Labute approximate surface area is 103 Å². The van der Waals surface area contributed by atoms with Gasteiger partial charge in [0.25, 0.3) is 0 Å². The number of aromatic nitrogens is 1. The van der Waals surface area contributed by atoms with E-state index < -0.39 is 6.04 Å². The first-order valence-electron chi connectivity index (χ1n) is 5.54. The zero-order chi connectivity index (χ0) is 13.1. The summed E-state index contributed by atoms with van der Waals surface area (Å²) in [4.78, 5) is 34.0. The van der Waals surface area contributed by atoms with Gasteiger partial charge in [0.2, 0.25) is 17.4 Å². The number of hydrogen-bond acceptors (Lipinski definition) is 4. The van der Waals surface area contributed by atoms with Crippen LogP contribution in [0.15, 0.2) is 23.1 Å². The predicted molar refractivity (Wildman–Crippen MR) is 65.1 cm³/mol. The second-order valence-electron chi connectivity index (χ2n) is 4.09. The number of hydrogen-bond donors (Lipinski definition) is 3. The number of rotatable bonds is 2. The zero-order valence-electron chi connectivity index (χ0n) is 9.90. The molecule has 1 aliphatic rings. The number of piperazine rings is 1. The van der Waals surface area contributed by atoms with Crippen LogP contribution in [0.3, 0.4) is 0 Å². The minimum absolute atomic E-state index is 0.124. The number of nitrogens with zero attached hydrogens (tertiary/aromatic N) is 1. The average Bonchev–Trinajstić information content (AvgIpc) is 2.34. The molecule has 0 bridgehead atoms. The van der Waals surface area contributed by atoms with Crippen LogP contribution in [0.4, 0.5) is 5.69 Å². The first-order chi connectivity index (χ1) is 8.56. The topological polar surface area (TPSA) is 92.2 Å². The Morgan fingerprint density at radius 3 is 2.83 bits per heavy atom. The molecule has 7 heteroatoms. The average molecular weight is 250 g/mol. The highest BCUT2D eigenvalue weighted by atomic mass is 16.2. The van der Waals surface area contributed by atoms with Crippen LogP contribution >= 0.6 is 0 Å². The van der Waals surface area contributed by atoms with Gasteiger partial charge >= 0.3 is 0 Å². The Balaban J connectivity index is 2.00. The molecular weight excluding hydrogens is 236 g/mol. The summed E-state index contributed by atoms with van der Waals surface area (Å²) in [6.07, 6.45) is 1.54. The van der Waals surface area contributed by atoms with Crippen molar-refractivity contribution >= 4 is 17.5 Å². The van der Waals surface area contributed by atoms with Crippen molar-refractivity contribution < 1.29 is 9.59 Å². The third-order valence-electron chi connectivity index (χ3n) is 2.68. The van der Waals surface area contributed by atoms with Crippen LogP contribution in [0.25, 0.3) is 0 Å². The molecule has 18 heavy (non-hydrogen) atoms. The molecule has 0 aromatic carbocycles. The molecule has 1 aromatic heterocycles. The lowest BCUT2D eigenvalue weighted by molar-refractivity contribution is -0.124. The fourth-order valence-electron chi connectivity index (χ4n) is 1.65. The van der Waals surface area contributed by atoms with E-state index in [0.717, 1.165) is 0 Å². The Kier molecular flexibility index (Phi) is 3.42. The monoisotopic (exact) mass is 250 g/mol. The lowest BCUT2D eigenvalue weighted by Crippen LogP contribution is -2.56. The molecule has 3 N–H and O–H groups in total. The van der Waals surface area contributed by atoms with Gasteiger partial charge in [-0.3, -0.25) is 19.7 Å². The van der Waals surface area contributed by atoms with E-state index in [1.54, 1.807) is 19.3 Å². The molecule has 0 saturated carbocycles. The summed E-state index contributed by atoms with van der Waals surface area (Å²) >= 11 is 0. The van der Waals surface area contributed by atoms with Crippen molar-refractivity contribution in [2.24, 2.45) is 7.05 Å². The van der Waals surface area contributed by atoms with Gasteiger partial charge in [-0.05, 0) is 6.07 Å². The molecule has 1 aliphatic heterocycles. The minimum Gasteiger partial charge on any atom is -0.353 e. The summed E-state index contributed by atoms with van der Waals surface area (Å²) in [6, 6.07) is 2.47. The Morgan fingerprint density at radius 2 is 2.22 bits per heavy atom. The molecule has 1 aromatic rings. The Hall–Kier alpha value is -2.15. The van der Waals surface area contributed by atoms with Crippen LogP contribution in [0, 0.1) is 0 Å². The SMILES string of the molecule is Cn1cc(NC(=O)C2CNC(=O)CN2)ccc1=O. The fourth-order valence-corrected chi connectivity index (χ4v) is 1.65. The van der Waals surface area contributed by atoms with Gasteiger partial charge in [-0.25, -0.2) is 0 Å². The number of carbonyl (C=O) groups is 2. The fraction of sp³-hybridized carbons (Fsp3) is 0.364. The molecule has 7 nitrogen and oxygen atoms in total. The Bertz CT molecular complexity index is 527. The molecule has 1 saturated heterocycles. The first kappa shape index (κ1) is 12.3. The smallest absolute Gasteiger partial charge is 0.250 e. The number of aryl methyl sites for hydroxylation is 1. The molecule has 0 radical (unpaired) electrons. The van der Waals surface area contributed by atoms with Crippen molar-refractivity contribution in [3.05, 3.63) is 28.7 Å². The summed E-state index contributed by atoms with van der Waals surface area (Å²) in [5.41, 5.74) is 0.400. The Morgan fingerprint density at radius 1 is 1.44 bits per heavy atom. The van der Waals surface area contributed by atoms with Crippen LogP contribution in [0.5, 0.6) is 0 Å². The normalized spacial score (nSPS) is 19.2. The van der Waals surface area contributed by atoms with E-state index in [1.165, 1.54) is 10.6 Å². The van der Waals surface area contributed by atoms with Crippen molar-refractivity contribution in [1.29, 1.82) is 0 Å². The van der Waals surface area contributed by atoms with Crippen LogP contribution in [-0.2, 0) is 16.6 Å². The molecule has 2 amide bonds. The van der Waals surface area contributed by atoms with Gasteiger partial charge in [-0.1, -0.05) is 0 Å². The van der Waals surface area contributed by atoms with E-state index in [0.29, 0.717) is 5.69 Å². The quantitative estimate of drug-likeness (QED) is 0.590. The van der Waals surface area contributed by atoms with Gasteiger partial charge in [-0.15, -0.1) is 0 Å².